The Morgan fingerprint density at radius 2 is 2.06 bits per heavy atom. The zero-order chi connectivity index (χ0) is 11.7. The van der Waals surface area contributed by atoms with Gasteiger partial charge in [0.05, 0.1) is 6.61 Å². The van der Waals surface area contributed by atoms with Gasteiger partial charge in [-0.2, -0.15) is 0 Å². The van der Waals surface area contributed by atoms with Gasteiger partial charge < -0.3 is 10.0 Å². The smallest absolute Gasteiger partial charge is 0.0681 e. The highest BCUT2D eigenvalue weighted by molar-refractivity contribution is 5.59. The summed E-state index contributed by atoms with van der Waals surface area (Å²) < 4.78 is 0. The molecule has 2 nitrogen and oxygen atoms in total. The van der Waals surface area contributed by atoms with Gasteiger partial charge in [-0.1, -0.05) is 25.0 Å². The fourth-order valence-electron chi connectivity index (χ4n) is 3.32. The molecule has 0 radical (unpaired) electrons. The van der Waals surface area contributed by atoms with Gasteiger partial charge >= 0.3 is 0 Å². The molecule has 0 aromatic heterocycles. The van der Waals surface area contributed by atoms with Crippen LogP contribution in [0.15, 0.2) is 18.2 Å². The zero-order valence-electron chi connectivity index (χ0n) is 10.4. The number of nitrogens with zero attached hydrogens (tertiary/aromatic N) is 1. The number of aliphatic hydroxyl groups is 1. The standard InChI is InChI=1S/C15H21NO/c17-11-13-5-6-15-14(9-13)7-8-16(15)10-12-3-1-2-4-12/h5-6,9,12,17H,1-4,7-8,10-11H2. The molecule has 0 atom stereocenters. The Kier molecular flexibility index (Phi) is 3.06. The Hall–Kier alpha value is -1.02. The molecule has 1 aliphatic carbocycles. The predicted octanol–water partition coefficient (Wildman–Crippen LogP) is 2.73. The maximum atomic E-state index is 9.15. The molecule has 0 spiro atoms. The van der Waals surface area contributed by atoms with Gasteiger partial charge in [0.25, 0.3) is 0 Å². The van der Waals surface area contributed by atoms with Gasteiger partial charge in [0.2, 0.25) is 0 Å². The van der Waals surface area contributed by atoms with E-state index in [0.29, 0.717) is 0 Å². The average Bonchev–Trinajstić information content (AvgIpc) is 2.99. The number of rotatable bonds is 3. The van der Waals surface area contributed by atoms with E-state index in [-0.39, 0.29) is 6.61 Å². The van der Waals surface area contributed by atoms with Crippen LogP contribution in [0.3, 0.4) is 0 Å². The maximum Gasteiger partial charge on any atom is 0.0681 e. The van der Waals surface area contributed by atoms with E-state index in [1.165, 1.54) is 50.0 Å². The molecule has 1 fully saturated rings. The first kappa shape index (κ1) is 11.1. The predicted molar refractivity (Wildman–Crippen MR) is 70.2 cm³/mol. The Labute approximate surface area is 103 Å². The minimum absolute atomic E-state index is 0.163. The van der Waals surface area contributed by atoms with Gasteiger partial charge in [0.15, 0.2) is 0 Å². The molecule has 1 heterocycles. The molecule has 0 unspecified atom stereocenters. The first-order valence-electron chi connectivity index (χ1n) is 6.84. The van der Waals surface area contributed by atoms with Gasteiger partial charge in [-0.15, -0.1) is 0 Å². The third-order valence-electron chi connectivity index (χ3n) is 4.27. The highest BCUT2D eigenvalue weighted by Crippen LogP contribution is 2.33. The SMILES string of the molecule is OCc1ccc2c(c1)CCN2CC1CCCC1. The van der Waals surface area contributed by atoms with E-state index < -0.39 is 0 Å². The largest absolute Gasteiger partial charge is 0.392 e. The molecule has 1 N–H and O–H groups in total. The number of benzene rings is 1. The van der Waals surface area contributed by atoms with Crippen LogP contribution in [0.25, 0.3) is 0 Å². The molecule has 1 aliphatic heterocycles. The third kappa shape index (κ3) is 2.19. The number of anilines is 1. The first-order valence-corrected chi connectivity index (χ1v) is 6.84. The second-order valence-corrected chi connectivity index (χ2v) is 5.47. The van der Waals surface area contributed by atoms with Gasteiger partial charge in [0.1, 0.15) is 0 Å². The van der Waals surface area contributed by atoms with Crippen LogP contribution in [0.4, 0.5) is 5.69 Å². The Morgan fingerprint density at radius 1 is 1.24 bits per heavy atom. The summed E-state index contributed by atoms with van der Waals surface area (Å²) in [6, 6.07) is 6.43. The highest BCUT2D eigenvalue weighted by Gasteiger charge is 2.23. The topological polar surface area (TPSA) is 23.5 Å². The molecule has 2 heteroatoms. The van der Waals surface area contributed by atoms with Crippen molar-refractivity contribution in [1.82, 2.24) is 0 Å². The van der Waals surface area contributed by atoms with Crippen molar-refractivity contribution in [3.63, 3.8) is 0 Å². The van der Waals surface area contributed by atoms with Crippen molar-refractivity contribution in [2.24, 2.45) is 5.92 Å². The number of hydrogen-bond acceptors (Lipinski definition) is 2. The summed E-state index contributed by atoms with van der Waals surface area (Å²) in [6.07, 6.45) is 6.83. The Bertz CT molecular complexity index is 396. The van der Waals surface area contributed by atoms with Crippen LogP contribution in [0.1, 0.15) is 36.8 Å². The van der Waals surface area contributed by atoms with Crippen LogP contribution in [0, 0.1) is 5.92 Å². The second kappa shape index (κ2) is 4.69. The van der Waals surface area contributed by atoms with Crippen LogP contribution in [-0.2, 0) is 13.0 Å². The summed E-state index contributed by atoms with van der Waals surface area (Å²) in [6.45, 7) is 2.57. The summed E-state index contributed by atoms with van der Waals surface area (Å²) >= 11 is 0. The maximum absolute atomic E-state index is 9.15. The van der Waals surface area contributed by atoms with Gasteiger partial charge in [-0.3, -0.25) is 0 Å². The first-order chi connectivity index (χ1) is 8.36. The Balaban J connectivity index is 1.74. The molecule has 0 amide bonds. The molecular weight excluding hydrogens is 210 g/mol. The highest BCUT2D eigenvalue weighted by atomic mass is 16.3. The van der Waals surface area contributed by atoms with Crippen molar-refractivity contribution < 1.29 is 5.11 Å². The molecule has 2 aliphatic rings. The van der Waals surface area contributed by atoms with Gasteiger partial charge in [0, 0.05) is 18.8 Å². The molecule has 0 saturated heterocycles. The average molecular weight is 231 g/mol. The van der Waals surface area contributed by atoms with Crippen LogP contribution in [0.5, 0.6) is 0 Å². The molecule has 92 valence electrons. The molecular formula is C15H21NO. The molecule has 3 rings (SSSR count). The van der Waals surface area contributed by atoms with Crippen LogP contribution < -0.4 is 4.90 Å². The summed E-state index contributed by atoms with van der Waals surface area (Å²) in [7, 11) is 0. The lowest BCUT2D eigenvalue weighted by molar-refractivity contribution is 0.282. The molecule has 1 aromatic carbocycles. The van der Waals surface area contributed by atoms with Crippen LogP contribution in [0.2, 0.25) is 0 Å². The van der Waals surface area contributed by atoms with Crippen molar-refractivity contribution >= 4 is 5.69 Å². The number of aliphatic hydroxyl groups excluding tert-OH is 1. The van der Waals surface area contributed by atoms with Crippen molar-refractivity contribution in [3.8, 4) is 0 Å². The van der Waals surface area contributed by atoms with Gasteiger partial charge in [-0.05, 0) is 42.4 Å². The van der Waals surface area contributed by atoms with E-state index in [0.717, 1.165) is 17.9 Å². The van der Waals surface area contributed by atoms with Crippen molar-refractivity contribution in [1.29, 1.82) is 0 Å². The number of hydrogen-bond donors (Lipinski definition) is 1. The zero-order valence-corrected chi connectivity index (χ0v) is 10.4. The molecule has 1 saturated carbocycles. The van der Waals surface area contributed by atoms with E-state index in [1.54, 1.807) is 0 Å². The van der Waals surface area contributed by atoms with Gasteiger partial charge in [-0.25, -0.2) is 0 Å². The summed E-state index contributed by atoms with van der Waals surface area (Å²) in [5.41, 5.74) is 3.88. The summed E-state index contributed by atoms with van der Waals surface area (Å²) in [4.78, 5) is 2.55. The molecule has 0 bridgehead atoms. The van der Waals surface area contributed by atoms with Crippen molar-refractivity contribution in [2.75, 3.05) is 18.0 Å². The quantitative estimate of drug-likeness (QED) is 0.864. The van der Waals surface area contributed by atoms with E-state index >= 15 is 0 Å². The lowest BCUT2D eigenvalue weighted by Gasteiger charge is -2.23. The van der Waals surface area contributed by atoms with E-state index in [1.807, 2.05) is 0 Å². The lowest BCUT2D eigenvalue weighted by atomic mass is 10.1. The van der Waals surface area contributed by atoms with Crippen molar-refractivity contribution in [3.05, 3.63) is 29.3 Å². The third-order valence-corrected chi connectivity index (χ3v) is 4.27. The normalized spacial score (nSPS) is 19.9. The van der Waals surface area contributed by atoms with Crippen LogP contribution in [-0.4, -0.2) is 18.2 Å². The monoisotopic (exact) mass is 231 g/mol. The Morgan fingerprint density at radius 3 is 2.82 bits per heavy atom. The molecule has 1 aromatic rings. The number of fused-ring (bicyclic) bond motifs is 1. The second-order valence-electron chi connectivity index (χ2n) is 5.47. The minimum Gasteiger partial charge on any atom is -0.392 e. The summed E-state index contributed by atoms with van der Waals surface area (Å²) in [5.74, 6) is 0.915. The van der Waals surface area contributed by atoms with E-state index in [4.69, 9.17) is 5.11 Å². The fourth-order valence-corrected chi connectivity index (χ4v) is 3.32. The fraction of sp³-hybridized carbons (Fsp3) is 0.600. The van der Waals surface area contributed by atoms with E-state index in [2.05, 4.69) is 23.1 Å². The lowest BCUT2D eigenvalue weighted by Crippen LogP contribution is -2.26. The van der Waals surface area contributed by atoms with Crippen molar-refractivity contribution in [2.45, 2.75) is 38.7 Å². The molecule has 17 heavy (non-hydrogen) atoms. The van der Waals surface area contributed by atoms with Crippen LogP contribution >= 0.6 is 0 Å². The minimum atomic E-state index is 0.163. The van der Waals surface area contributed by atoms with E-state index in [9.17, 15) is 0 Å². The summed E-state index contributed by atoms with van der Waals surface area (Å²) in [5, 5.41) is 9.15.